The molecule has 1 fully saturated rings. The maximum absolute atomic E-state index is 12.7. The van der Waals surface area contributed by atoms with Gasteiger partial charge >= 0.3 is 0 Å². The first-order valence-electron chi connectivity index (χ1n) is 8.63. The zero-order chi connectivity index (χ0) is 20.3. The van der Waals surface area contributed by atoms with Crippen LogP contribution in [0.4, 0.5) is 11.4 Å². The van der Waals surface area contributed by atoms with Gasteiger partial charge in [0.05, 0.1) is 38.6 Å². The van der Waals surface area contributed by atoms with Crippen molar-refractivity contribution >= 4 is 34.8 Å². The summed E-state index contributed by atoms with van der Waals surface area (Å²) < 4.78 is 15.8. The molecule has 28 heavy (non-hydrogen) atoms. The molecular weight excluding hydrogens is 384 g/mol. The SMILES string of the molecule is COc1ccc(OC)c(N2C[C@H](C(=O)Nc3cc(Cl)ccc3OC)CC2=O)c1. The van der Waals surface area contributed by atoms with Gasteiger partial charge in [-0.05, 0) is 30.3 Å². The van der Waals surface area contributed by atoms with E-state index in [0.29, 0.717) is 33.6 Å². The number of carbonyl (C=O) groups is 2. The molecule has 0 spiro atoms. The zero-order valence-corrected chi connectivity index (χ0v) is 16.6. The molecule has 7 nitrogen and oxygen atoms in total. The van der Waals surface area contributed by atoms with Gasteiger partial charge in [0.2, 0.25) is 11.8 Å². The van der Waals surface area contributed by atoms with E-state index >= 15 is 0 Å². The van der Waals surface area contributed by atoms with Gasteiger partial charge < -0.3 is 24.4 Å². The van der Waals surface area contributed by atoms with Gasteiger partial charge in [-0.3, -0.25) is 9.59 Å². The third-order valence-corrected chi connectivity index (χ3v) is 4.83. The number of methoxy groups -OCH3 is 3. The van der Waals surface area contributed by atoms with Gasteiger partial charge in [-0.15, -0.1) is 0 Å². The molecule has 0 aliphatic carbocycles. The van der Waals surface area contributed by atoms with Crippen molar-refractivity contribution in [1.82, 2.24) is 0 Å². The highest BCUT2D eigenvalue weighted by Gasteiger charge is 2.36. The summed E-state index contributed by atoms with van der Waals surface area (Å²) in [6, 6.07) is 10.1. The van der Waals surface area contributed by atoms with Crippen LogP contribution < -0.4 is 24.4 Å². The van der Waals surface area contributed by atoms with E-state index in [0.717, 1.165) is 0 Å². The first-order valence-corrected chi connectivity index (χ1v) is 9.01. The van der Waals surface area contributed by atoms with E-state index in [-0.39, 0.29) is 24.8 Å². The Labute approximate surface area is 168 Å². The molecule has 1 aliphatic rings. The number of carbonyl (C=O) groups excluding carboxylic acids is 2. The van der Waals surface area contributed by atoms with Crippen molar-refractivity contribution in [3.05, 3.63) is 41.4 Å². The molecule has 2 amide bonds. The highest BCUT2D eigenvalue weighted by atomic mass is 35.5. The van der Waals surface area contributed by atoms with Gasteiger partial charge in [-0.25, -0.2) is 0 Å². The van der Waals surface area contributed by atoms with E-state index in [4.69, 9.17) is 25.8 Å². The predicted octanol–water partition coefficient (Wildman–Crippen LogP) is 3.36. The third kappa shape index (κ3) is 3.99. The average molecular weight is 405 g/mol. The fourth-order valence-electron chi connectivity index (χ4n) is 3.14. The Morgan fingerprint density at radius 2 is 1.79 bits per heavy atom. The van der Waals surface area contributed by atoms with Crippen molar-refractivity contribution < 1.29 is 23.8 Å². The van der Waals surface area contributed by atoms with E-state index in [1.54, 1.807) is 48.4 Å². The Kier molecular flexibility index (Phi) is 5.94. The number of anilines is 2. The van der Waals surface area contributed by atoms with Crippen molar-refractivity contribution in [3.63, 3.8) is 0 Å². The van der Waals surface area contributed by atoms with Crippen LogP contribution in [-0.2, 0) is 9.59 Å². The monoisotopic (exact) mass is 404 g/mol. The Bertz CT molecular complexity index is 902. The molecule has 1 atom stereocenters. The summed E-state index contributed by atoms with van der Waals surface area (Å²) in [5.74, 6) is 0.662. The number of nitrogens with zero attached hydrogens (tertiary/aromatic N) is 1. The second-order valence-corrected chi connectivity index (χ2v) is 6.71. The van der Waals surface area contributed by atoms with Gasteiger partial charge in [0.25, 0.3) is 0 Å². The number of hydrogen-bond acceptors (Lipinski definition) is 5. The van der Waals surface area contributed by atoms with Crippen LogP contribution in [0.2, 0.25) is 5.02 Å². The average Bonchev–Trinajstić information content (AvgIpc) is 3.09. The number of benzene rings is 2. The topological polar surface area (TPSA) is 77.1 Å². The Morgan fingerprint density at radius 1 is 1.07 bits per heavy atom. The predicted molar refractivity (Wildman–Crippen MR) is 107 cm³/mol. The van der Waals surface area contributed by atoms with Crippen LogP contribution >= 0.6 is 11.6 Å². The van der Waals surface area contributed by atoms with Crippen LogP contribution in [0.15, 0.2) is 36.4 Å². The van der Waals surface area contributed by atoms with Gasteiger partial charge in [0, 0.05) is 24.1 Å². The first-order chi connectivity index (χ1) is 13.5. The molecule has 8 heteroatoms. The Balaban J connectivity index is 1.80. The summed E-state index contributed by atoms with van der Waals surface area (Å²) in [5, 5.41) is 3.28. The van der Waals surface area contributed by atoms with E-state index in [9.17, 15) is 9.59 Å². The van der Waals surface area contributed by atoms with Crippen LogP contribution in [-0.4, -0.2) is 39.7 Å². The van der Waals surface area contributed by atoms with E-state index < -0.39 is 5.92 Å². The van der Waals surface area contributed by atoms with Gasteiger partial charge in [-0.1, -0.05) is 11.6 Å². The van der Waals surface area contributed by atoms with Crippen molar-refractivity contribution in [2.45, 2.75) is 6.42 Å². The smallest absolute Gasteiger partial charge is 0.229 e. The van der Waals surface area contributed by atoms with Crippen molar-refractivity contribution in [3.8, 4) is 17.2 Å². The fraction of sp³-hybridized carbons (Fsp3) is 0.300. The number of rotatable bonds is 6. The summed E-state index contributed by atoms with van der Waals surface area (Å²) >= 11 is 6.01. The maximum Gasteiger partial charge on any atom is 0.229 e. The second-order valence-electron chi connectivity index (χ2n) is 6.28. The molecule has 1 N–H and O–H groups in total. The number of halogens is 1. The molecule has 1 heterocycles. The van der Waals surface area contributed by atoms with Gasteiger partial charge in [-0.2, -0.15) is 0 Å². The summed E-state index contributed by atoms with van der Waals surface area (Å²) in [5.41, 5.74) is 1.03. The standard InChI is InChI=1S/C20H21ClN2O5/c1-26-14-5-7-18(28-3)16(10-14)23-11-12(8-19(23)24)20(25)22-15-9-13(21)4-6-17(15)27-2/h4-7,9-10,12H,8,11H2,1-3H3,(H,22,25)/t12-/m1/s1. The molecule has 0 unspecified atom stereocenters. The van der Waals surface area contributed by atoms with Crippen LogP contribution in [0.3, 0.4) is 0 Å². The van der Waals surface area contributed by atoms with Crippen LogP contribution in [0, 0.1) is 5.92 Å². The van der Waals surface area contributed by atoms with E-state index in [2.05, 4.69) is 5.32 Å². The lowest BCUT2D eigenvalue weighted by atomic mass is 10.1. The lowest BCUT2D eigenvalue weighted by Gasteiger charge is -2.20. The summed E-state index contributed by atoms with van der Waals surface area (Å²) in [6.07, 6.45) is 0.0923. The molecule has 0 radical (unpaired) electrons. The minimum Gasteiger partial charge on any atom is -0.497 e. The number of nitrogens with one attached hydrogen (secondary N) is 1. The van der Waals surface area contributed by atoms with Crippen LogP contribution in [0.5, 0.6) is 17.2 Å². The lowest BCUT2D eigenvalue weighted by molar-refractivity contribution is -0.122. The van der Waals surface area contributed by atoms with E-state index in [1.165, 1.54) is 14.2 Å². The van der Waals surface area contributed by atoms with Gasteiger partial charge in [0.15, 0.2) is 0 Å². The molecule has 148 valence electrons. The molecule has 1 aliphatic heterocycles. The van der Waals surface area contributed by atoms with Crippen LogP contribution in [0.25, 0.3) is 0 Å². The normalized spacial score (nSPS) is 16.1. The first kappa shape index (κ1) is 19.8. The third-order valence-electron chi connectivity index (χ3n) is 4.59. The maximum atomic E-state index is 12.7. The molecule has 0 bridgehead atoms. The molecule has 2 aromatic carbocycles. The highest BCUT2D eigenvalue weighted by Crippen LogP contribution is 2.36. The number of ether oxygens (including phenoxy) is 3. The molecule has 2 aromatic rings. The summed E-state index contributed by atoms with van der Waals surface area (Å²) in [7, 11) is 4.59. The minimum absolute atomic E-state index is 0.0923. The lowest BCUT2D eigenvalue weighted by Crippen LogP contribution is -2.28. The second kappa shape index (κ2) is 8.39. The molecule has 0 aromatic heterocycles. The summed E-state index contributed by atoms with van der Waals surface area (Å²) in [4.78, 5) is 26.9. The van der Waals surface area contributed by atoms with Gasteiger partial charge in [0.1, 0.15) is 17.2 Å². The van der Waals surface area contributed by atoms with Crippen molar-refractivity contribution in [1.29, 1.82) is 0 Å². The Morgan fingerprint density at radius 3 is 2.46 bits per heavy atom. The molecular formula is C20H21ClN2O5. The van der Waals surface area contributed by atoms with Crippen LogP contribution in [0.1, 0.15) is 6.42 Å². The van der Waals surface area contributed by atoms with Crippen molar-refractivity contribution in [2.75, 3.05) is 38.1 Å². The largest absolute Gasteiger partial charge is 0.497 e. The fourth-order valence-corrected chi connectivity index (χ4v) is 3.31. The van der Waals surface area contributed by atoms with E-state index in [1.807, 2.05) is 0 Å². The summed E-state index contributed by atoms with van der Waals surface area (Å²) in [6.45, 7) is 0.233. The molecule has 1 saturated heterocycles. The quantitative estimate of drug-likeness (QED) is 0.798. The van der Waals surface area contributed by atoms with Crippen molar-refractivity contribution in [2.24, 2.45) is 5.92 Å². The zero-order valence-electron chi connectivity index (χ0n) is 15.8. The number of hydrogen-bond donors (Lipinski definition) is 1. The molecule has 3 rings (SSSR count). The molecule has 0 saturated carbocycles. The highest BCUT2D eigenvalue weighted by molar-refractivity contribution is 6.31. The minimum atomic E-state index is -0.521. The number of amides is 2. The Hall–Kier alpha value is -2.93.